The molecule has 1 aromatic rings. The fraction of sp³-hybridized carbons (Fsp3) is 0.286. The van der Waals surface area contributed by atoms with Gasteiger partial charge in [0.05, 0.1) is 5.02 Å². The summed E-state index contributed by atoms with van der Waals surface area (Å²) in [5.74, 6) is 0. The second-order valence-electron chi connectivity index (χ2n) is 2.11. The van der Waals surface area contributed by atoms with Crippen LogP contribution in [0.25, 0.3) is 0 Å². The number of pyridine rings is 1. The fourth-order valence-electron chi connectivity index (χ4n) is 0.746. The summed E-state index contributed by atoms with van der Waals surface area (Å²) in [4.78, 5) is 3.67. The molecular formula is C7H6ClF2N. The molecule has 11 heavy (non-hydrogen) atoms. The van der Waals surface area contributed by atoms with Crippen LogP contribution in [-0.2, 0) is 6.42 Å². The van der Waals surface area contributed by atoms with Crippen molar-refractivity contribution in [1.82, 2.24) is 4.98 Å². The van der Waals surface area contributed by atoms with Gasteiger partial charge in [-0.15, -0.1) is 0 Å². The normalized spacial score (nSPS) is 10.5. The van der Waals surface area contributed by atoms with Crippen molar-refractivity contribution in [3.63, 3.8) is 0 Å². The molecule has 0 amide bonds. The maximum Gasteiger partial charge on any atom is 0.242 e. The number of hydrogen-bond donors (Lipinski definition) is 0. The van der Waals surface area contributed by atoms with Crippen molar-refractivity contribution in [2.75, 3.05) is 0 Å². The molecule has 1 aromatic heterocycles. The van der Waals surface area contributed by atoms with Gasteiger partial charge in [0, 0.05) is 18.8 Å². The molecule has 0 saturated heterocycles. The highest BCUT2D eigenvalue weighted by Crippen LogP contribution is 2.11. The lowest BCUT2D eigenvalue weighted by Crippen LogP contribution is -1.96. The molecule has 0 saturated carbocycles. The van der Waals surface area contributed by atoms with Gasteiger partial charge in [0.1, 0.15) is 0 Å². The van der Waals surface area contributed by atoms with Crippen molar-refractivity contribution < 1.29 is 8.78 Å². The maximum absolute atomic E-state index is 11.8. The number of alkyl halides is 2. The molecule has 1 rings (SSSR count). The number of halogens is 3. The summed E-state index contributed by atoms with van der Waals surface area (Å²) >= 11 is 5.52. The van der Waals surface area contributed by atoms with Crippen LogP contribution in [0, 0.1) is 0 Å². The number of rotatable bonds is 2. The topological polar surface area (TPSA) is 12.9 Å². The van der Waals surface area contributed by atoms with Crippen molar-refractivity contribution in [1.29, 1.82) is 0 Å². The Balaban J connectivity index is 2.71. The molecule has 0 unspecified atom stereocenters. The monoisotopic (exact) mass is 177 g/mol. The SMILES string of the molecule is FC(F)Cc1cncc(Cl)c1. The van der Waals surface area contributed by atoms with E-state index in [1.54, 1.807) is 0 Å². The first kappa shape index (κ1) is 8.40. The van der Waals surface area contributed by atoms with E-state index in [0.29, 0.717) is 10.6 Å². The summed E-state index contributed by atoms with van der Waals surface area (Å²) in [6.07, 6.45) is 0.178. The van der Waals surface area contributed by atoms with Crippen LogP contribution in [0.15, 0.2) is 18.5 Å². The smallest absolute Gasteiger partial charge is 0.242 e. The van der Waals surface area contributed by atoms with E-state index in [2.05, 4.69) is 4.98 Å². The Morgan fingerprint density at radius 1 is 1.45 bits per heavy atom. The minimum absolute atomic E-state index is 0.284. The fourth-order valence-corrected chi connectivity index (χ4v) is 0.942. The Labute approximate surface area is 68.0 Å². The standard InChI is InChI=1S/C7H6ClF2N/c8-6-1-5(2-7(9)10)3-11-4-6/h1,3-4,7H,2H2. The van der Waals surface area contributed by atoms with E-state index in [1.165, 1.54) is 18.5 Å². The molecule has 1 heterocycles. The zero-order valence-electron chi connectivity index (χ0n) is 5.60. The molecule has 0 N–H and O–H groups in total. The molecule has 0 atom stereocenters. The van der Waals surface area contributed by atoms with E-state index in [9.17, 15) is 8.78 Å². The van der Waals surface area contributed by atoms with Crippen LogP contribution in [0.1, 0.15) is 5.56 Å². The molecule has 0 aliphatic carbocycles. The molecule has 0 aliphatic rings. The van der Waals surface area contributed by atoms with E-state index < -0.39 is 6.43 Å². The van der Waals surface area contributed by atoms with Gasteiger partial charge < -0.3 is 0 Å². The van der Waals surface area contributed by atoms with E-state index in [0.717, 1.165) is 0 Å². The van der Waals surface area contributed by atoms with Crippen LogP contribution in [0.4, 0.5) is 8.78 Å². The molecule has 0 aliphatic heterocycles. The molecule has 1 nitrogen and oxygen atoms in total. The van der Waals surface area contributed by atoms with Crippen molar-refractivity contribution in [2.45, 2.75) is 12.8 Å². The van der Waals surface area contributed by atoms with Gasteiger partial charge in [-0.25, -0.2) is 8.78 Å². The summed E-state index contributed by atoms with van der Waals surface area (Å²) in [7, 11) is 0. The largest absolute Gasteiger partial charge is 0.263 e. The van der Waals surface area contributed by atoms with Crippen LogP contribution in [0.5, 0.6) is 0 Å². The molecule has 0 spiro atoms. The summed E-state index contributed by atoms with van der Waals surface area (Å²) in [5.41, 5.74) is 0.465. The summed E-state index contributed by atoms with van der Waals surface area (Å²) in [6.45, 7) is 0. The highest BCUT2D eigenvalue weighted by Gasteiger charge is 2.04. The van der Waals surface area contributed by atoms with Gasteiger partial charge in [-0.3, -0.25) is 4.98 Å². The van der Waals surface area contributed by atoms with Gasteiger partial charge >= 0.3 is 0 Å². The van der Waals surface area contributed by atoms with Crippen LogP contribution in [-0.4, -0.2) is 11.4 Å². The molecule has 0 aromatic carbocycles. The molecule has 0 fully saturated rings. The van der Waals surface area contributed by atoms with Gasteiger partial charge in [0.15, 0.2) is 0 Å². The number of aromatic nitrogens is 1. The Morgan fingerprint density at radius 3 is 2.73 bits per heavy atom. The first-order valence-electron chi connectivity index (χ1n) is 3.06. The van der Waals surface area contributed by atoms with Crippen LogP contribution >= 0.6 is 11.6 Å². The minimum Gasteiger partial charge on any atom is -0.263 e. The molecule has 0 radical (unpaired) electrons. The van der Waals surface area contributed by atoms with Crippen LogP contribution in [0.3, 0.4) is 0 Å². The molecule has 60 valence electrons. The van der Waals surface area contributed by atoms with Crippen LogP contribution in [0.2, 0.25) is 5.02 Å². The zero-order chi connectivity index (χ0) is 8.27. The van der Waals surface area contributed by atoms with E-state index in [4.69, 9.17) is 11.6 Å². The highest BCUT2D eigenvalue weighted by molar-refractivity contribution is 6.30. The Hall–Kier alpha value is -0.700. The third-order valence-corrected chi connectivity index (χ3v) is 1.36. The van der Waals surface area contributed by atoms with Crippen molar-refractivity contribution in [3.8, 4) is 0 Å². The van der Waals surface area contributed by atoms with E-state index >= 15 is 0 Å². The summed E-state index contributed by atoms with van der Waals surface area (Å²) < 4.78 is 23.6. The first-order valence-corrected chi connectivity index (χ1v) is 3.44. The predicted octanol–water partition coefficient (Wildman–Crippen LogP) is 2.54. The van der Waals surface area contributed by atoms with Gasteiger partial charge in [0.2, 0.25) is 6.43 Å². The van der Waals surface area contributed by atoms with E-state index in [1.807, 2.05) is 0 Å². The average molecular weight is 178 g/mol. The lowest BCUT2D eigenvalue weighted by atomic mass is 10.2. The summed E-state index contributed by atoms with van der Waals surface area (Å²) in [5, 5.41) is 0.392. The average Bonchev–Trinajstić information content (AvgIpc) is 1.85. The number of nitrogens with zero attached hydrogens (tertiary/aromatic N) is 1. The second-order valence-corrected chi connectivity index (χ2v) is 2.54. The maximum atomic E-state index is 11.8. The second kappa shape index (κ2) is 3.62. The van der Waals surface area contributed by atoms with Crippen molar-refractivity contribution in [3.05, 3.63) is 29.0 Å². The molecule has 0 bridgehead atoms. The van der Waals surface area contributed by atoms with Crippen LogP contribution < -0.4 is 0 Å². The first-order chi connectivity index (χ1) is 5.18. The lowest BCUT2D eigenvalue weighted by molar-refractivity contribution is 0.149. The Bertz CT molecular complexity index is 240. The van der Waals surface area contributed by atoms with Gasteiger partial charge in [0.25, 0.3) is 0 Å². The molecule has 4 heteroatoms. The van der Waals surface area contributed by atoms with Gasteiger partial charge in [-0.05, 0) is 11.6 Å². The van der Waals surface area contributed by atoms with Crippen molar-refractivity contribution >= 4 is 11.6 Å². The highest BCUT2D eigenvalue weighted by atomic mass is 35.5. The third kappa shape index (κ3) is 2.80. The predicted molar refractivity (Wildman–Crippen MR) is 39.0 cm³/mol. The van der Waals surface area contributed by atoms with E-state index in [-0.39, 0.29) is 6.42 Å². The quantitative estimate of drug-likeness (QED) is 0.677. The zero-order valence-corrected chi connectivity index (χ0v) is 6.35. The summed E-state index contributed by atoms with van der Waals surface area (Å²) in [6, 6.07) is 1.49. The van der Waals surface area contributed by atoms with Gasteiger partial charge in [-0.1, -0.05) is 11.6 Å². The third-order valence-electron chi connectivity index (χ3n) is 1.15. The van der Waals surface area contributed by atoms with Gasteiger partial charge in [-0.2, -0.15) is 0 Å². The lowest BCUT2D eigenvalue weighted by Gasteiger charge is -1.98. The molecular weight excluding hydrogens is 172 g/mol. The Morgan fingerprint density at radius 2 is 2.18 bits per heavy atom. The Kier molecular flexibility index (Phi) is 2.76. The van der Waals surface area contributed by atoms with Crippen molar-refractivity contribution in [2.24, 2.45) is 0 Å². The minimum atomic E-state index is -2.34. The number of hydrogen-bond acceptors (Lipinski definition) is 1.